The predicted octanol–water partition coefficient (Wildman–Crippen LogP) is 3.54. The molecule has 1 heterocycles. The van der Waals surface area contributed by atoms with Gasteiger partial charge in [-0.15, -0.1) is 0 Å². The number of nitrogens with one attached hydrogen (secondary N) is 1. The first kappa shape index (κ1) is 11.7. The Morgan fingerprint density at radius 2 is 2.00 bits per heavy atom. The molecule has 1 aromatic carbocycles. The van der Waals surface area contributed by atoms with E-state index in [9.17, 15) is 9.50 Å². The highest BCUT2D eigenvalue weighted by atomic mass is 19.1. The fourth-order valence-electron chi connectivity index (χ4n) is 1.95. The maximum Gasteiger partial charge on any atom is 0.150 e. The van der Waals surface area contributed by atoms with Crippen LogP contribution in [0.4, 0.5) is 10.1 Å². The SMILES string of the molecule is Oc1ccccc1NC(=C1CC1)c1ccncc1F. The number of nitrogens with zero attached hydrogens (tertiary/aromatic N) is 1. The molecule has 2 aromatic rings. The van der Waals surface area contributed by atoms with Crippen molar-refractivity contribution in [2.75, 3.05) is 5.32 Å². The van der Waals surface area contributed by atoms with Crippen LogP contribution in [0.2, 0.25) is 0 Å². The van der Waals surface area contributed by atoms with Gasteiger partial charge in [-0.3, -0.25) is 4.98 Å². The van der Waals surface area contributed by atoms with Crippen molar-refractivity contribution in [3.8, 4) is 5.75 Å². The molecule has 1 saturated carbocycles. The molecule has 0 spiro atoms. The molecule has 0 atom stereocenters. The van der Waals surface area contributed by atoms with Crippen LogP contribution in [0.1, 0.15) is 18.4 Å². The molecule has 0 unspecified atom stereocenters. The van der Waals surface area contributed by atoms with Gasteiger partial charge >= 0.3 is 0 Å². The number of para-hydroxylation sites is 2. The number of phenols is 1. The zero-order valence-electron chi connectivity index (χ0n) is 10.2. The van der Waals surface area contributed by atoms with Gasteiger partial charge in [0.05, 0.1) is 11.9 Å². The summed E-state index contributed by atoms with van der Waals surface area (Å²) >= 11 is 0. The van der Waals surface area contributed by atoms with E-state index < -0.39 is 0 Å². The summed E-state index contributed by atoms with van der Waals surface area (Å²) in [4.78, 5) is 3.76. The second-order valence-electron chi connectivity index (χ2n) is 4.48. The second kappa shape index (κ2) is 4.72. The second-order valence-corrected chi connectivity index (χ2v) is 4.48. The Hall–Kier alpha value is -2.36. The van der Waals surface area contributed by atoms with E-state index in [1.54, 1.807) is 30.5 Å². The van der Waals surface area contributed by atoms with Gasteiger partial charge in [0.15, 0.2) is 5.82 Å². The lowest BCUT2D eigenvalue weighted by molar-refractivity contribution is 0.478. The first-order valence-corrected chi connectivity index (χ1v) is 6.12. The van der Waals surface area contributed by atoms with Crippen molar-refractivity contribution < 1.29 is 9.50 Å². The molecule has 1 fully saturated rings. The van der Waals surface area contributed by atoms with Crippen LogP contribution in [-0.2, 0) is 0 Å². The number of aromatic nitrogens is 1. The van der Waals surface area contributed by atoms with Gasteiger partial charge in [-0.2, -0.15) is 0 Å². The lowest BCUT2D eigenvalue weighted by Crippen LogP contribution is -2.02. The Kier molecular flexibility index (Phi) is 2.91. The number of pyridine rings is 1. The predicted molar refractivity (Wildman–Crippen MR) is 72.1 cm³/mol. The highest BCUT2D eigenvalue weighted by molar-refractivity contribution is 5.82. The van der Waals surface area contributed by atoms with Crippen molar-refractivity contribution in [2.45, 2.75) is 12.8 Å². The van der Waals surface area contributed by atoms with Crippen molar-refractivity contribution in [1.29, 1.82) is 0 Å². The van der Waals surface area contributed by atoms with Crippen LogP contribution < -0.4 is 5.32 Å². The number of allylic oxidation sites excluding steroid dienone is 1. The molecular weight excluding hydrogens is 243 g/mol. The molecule has 0 aliphatic heterocycles. The highest BCUT2D eigenvalue weighted by Gasteiger charge is 2.21. The highest BCUT2D eigenvalue weighted by Crippen LogP contribution is 2.38. The fraction of sp³-hybridized carbons (Fsp3) is 0.133. The van der Waals surface area contributed by atoms with E-state index in [2.05, 4.69) is 10.3 Å². The monoisotopic (exact) mass is 256 g/mol. The smallest absolute Gasteiger partial charge is 0.150 e. The third-order valence-corrected chi connectivity index (χ3v) is 3.06. The number of halogens is 1. The minimum atomic E-state index is -0.361. The molecule has 2 N–H and O–H groups in total. The summed E-state index contributed by atoms with van der Waals surface area (Å²) in [7, 11) is 0. The lowest BCUT2D eigenvalue weighted by Gasteiger charge is -2.13. The normalized spacial score (nSPS) is 13.2. The number of hydrogen-bond donors (Lipinski definition) is 2. The van der Waals surface area contributed by atoms with Gasteiger partial charge in [0, 0.05) is 17.5 Å². The fourth-order valence-corrected chi connectivity index (χ4v) is 1.95. The lowest BCUT2D eigenvalue weighted by atomic mass is 10.1. The van der Waals surface area contributed by atoms with Crippen LogP contribution >= 0.6 is 0 Å². The van der Waals surface area contributed by atoms with Gasteiger partial charge < -0.3 is 10.4 Å². The zero-order valence-corrected chi connectivity index (χ0v) is 10.2. The average molecular weight is 256 g/mol. The third kappa shape index (κ3) is 2.42. The Balaban J connectivity index is 1.99. The van der Waals surface area contributed by atoms with Gasteiger partial charge in [0.1, 0.15) is 5.75 Å². The number of rotatable bonds is 3. The van der Waals surface area contributed by atoms with Gasteiger partial charge in [0.2, 0.25) is 0 Å². The number of aromatic hydroxyl groups is 1. The summed E-state index contributed by atoms with van der Waals surface area (Å²) in [5.41, 5.74) is 2.97. The van der Waals surface area contributed by atoms with Crippen LogP contribution in [-0.4, -0.2) is 10.1 Å². The standard InChI is InChI=1S/C15H13FN2O/c16-12-9-17-8-7-11(12)15(10-5-6-10)18-13-3-1-2-4-14(13)19/h1-4,7-9,18-19H,5-6H2. The molecule has 3 nitrogen and oxygen atoms in total. The Morgan fingerprint density at radius 3 is 2.68 bits per heavy atom. The summed E-state index contributed by atoms with van der Waals surface area (Å²) in [6.45, 7) is 0. The van der Waals surface area contributed by atoms with Gasteiger partial charge in [-0.25, -0.2) is 4.39 Å². The number of benzene rings is 1. The quantitative estimate of drug-likeness (QED) is 0.825. The van der Waals surface area contributed by atoms with E-state index in [-0.39, 0.29) is 11.6 Å². The molecule has 0 radical (unpaired) electrons. The van der Waals surface area contributed by atoms with Crippen molar-refractivity contribution in [3.63, 3.8) is 0 Å². The van der Waals surface area contributed by atoms with Crippen LogP contribution in [0.5, 0.6) is 5.75 Å². The largest absolute Gasteiger partial charge is 0.506 e. The van der Waals surface area contributed by atoms with Crippen LogP contribution in [0.3, 0.4) is 0 Å². The number of hydrogen-bond acceptors (Lipinski definition) is 3. The molecular formula is C15H13FN2O. The number of anilines is 1. The summed E-state index contributed by atoms with van der Waals surface area (Å²) in [5, 5.41) is 12.9. The van der Waals surface area contributed by atoms with Crippen LogP contribution in [0, 0.1) is 5.82 Å². The van der Waals surface area contributed by atoms with E-state index in [1.165, 1.54) is 6.20 Å². The average Bonchev–Trinajstić information content (AvgIpc) is 3.23. The van der Waals surface area contributed by atoms with Crippen molar-refractivity contribution >= 4 is 11.4 Å². The van der Waals surface area contributed by atoms with Gasteiger partial charge in [0.25, 0.3) is 0 Å². The van der Waals surface area contributed by atoms with Crippen LogP contribution in [0.15, 0.2) is 48.3 Å². The van der Waals surface area contributed by atoms with E-state index in [1.807, 2.05) is 6.07 Å². The summed E-state index contributed by atoms with van der Waals surface area (Å²) in [5.74, 6) is -0.212. The molecule has 0 bridgehead atoms. The molecule has 3 rings (SSSR count). The minimum Gasteiger partial charge on any atom is -0.506 e. The molecule has 1 aliphatic rings. The summed E-state index contributed by atoms with van der Waals surface area (Å²) in [6, 6.07) is 8.57. The molecule has 4 heteroatoms. The molecule has 0 amide bonds. The Bertz CT molecular complexity index is 646. The Morgan fingerprint density at radius 1 is 1.21 bits per heavy atom. The maximum atomic E-state index is 13.8. The summed E-state index contributed by atoms with van der Waals surface area (Å²) in [6.07, 6.45) is 4.67. The Labute approximate surface area is 110 Å². The van der Waals surface area contributed by atoms with Crippen molar-refractivity contribution in [2.24, 2.45) is 0 Å². The first-order chi connectivity index (χ1) is 9.25. The van der Waals surface area contributed by atoms with E-state index in [4.69, 9.17) is 0 Å². The van der Waals surface area contributed by atoms with E-state index >= 15 is 0 Å². The minimum absolute atomic E-state index is 0.149. The topological polar surface area (TPSA) is 45.1 Å². The third-order valence-electron chi connectivity index (χ3n) is 3.06. The molecule has 0 saturated heterocycles. The van der Waals surface area contributed by atoms with Crippen molar-refractivity contribution in [3.05, 3.63) is 59.7 Å². The molecule has 1 aliphatic carbocycles. The zero-order chi connectivity index (χ0) is 13.2. The molecule has 1 aromatic heterocycles. The molecule has 96 valence electrons. The maximum absolute atomic E-state index is 13.8. The number of phenolic OH excluding ortho intramolecular Hbond substituents is 1. The molecule has 19 heavy (non-hydrogen) atoms. The summed E-state index contributed by atoms with van der Waals surface area (Å²) < 4.78 is 13.8. The first-order valence-electron chi connectivity index (χ1n) is 6.12. The van der Waals surface area contributed by atoms with E-state index in [0.29, 0.717) is 11.3 Å². The van der Waals surface area contributed by atoms with Crippen molar-refractivity contribution in [1.82, 2.24) is 4.98 Å². The van der Waals surface area contributed by atoms with Crippen LogP contribution in [0.25, 0.3) is 5.70 Å². The van der Waals surface area contributed by atoms with Gasteiger partial charge in [-0.05, 0) is 36.6 Å². The van der Waals surface area contributed by atoms with E-state index in [0.717, 1.165) is 24.1 Å². The van der Waals surface area contributed by atoms with Gasteiger partial charge in [-0.1, -0.05) is 12.1 Å².